The lowest BCUT2D eigenvalue weighted by molar-refractivity contribution is -0.282. The van der Waals surface area contributed by atoms with Crippen LogP contribution in [0.2, 0.25) is 0 Å². The molecule has 1 saturated heterocycles. The van der Waals surface area contributed by atoms with E-state index >= 15 is 0 Å². The molecule has 1 aliphatic rings. The highest BCUT2D eigenvalue weighted by Crippen LogP contribution is 2.43. The summed E-state index contributed by atoms with van der Waals surface area (Å²) in [6, 6.07) is 5.04. The van der Waals surface area contributed by atoms with Gasteiger partial charge in [0.1, 0.15) is 11.6 Å². The minimum Gasteiger partial charge on any atom is -0.357 e. The molecule has 126 valence electrons. The second-order valence-corrected chi connectivity index (χ2v) is 6.09. The number of hydrogen-bond donors (Lipinski definition) is 0. The third kappa shape index (κ3) is 3.99. The Kier molecular flexibility index (Phi) is 4.94. The fourth-order valence-corrected chi connectivity index (χ4v) is 2.48. The maximum absolute atomic E-state index is 13.6. The first-order chi connectivity index (χ1) is 10.6. The van der Waals surface area contributed by atoms with E-state index in [1.165, 1.54) is 18.2 Å². The summed E-state index contributed by atoms with van der Waals surface area (Å²) >= 11 is 0. The number of halogens is 4. The van der Waals surface area contributed by atoms with Gasteiger partial charge < -0.3 is 4.74 Å². The topological polar surface area (TPSA) is 26.3 Å². The maximum atomic E-state index is 13.6. The number of carbonyl (C=O) groups is 1. The van der Waals surface area contributed by atoms with E-state index in [2.05, 4.69) is 0 Å². The van der Waals surface area contributed by atoms with Crippen molar-refractivity contribution in [1.82, 2.24) is 0 Å². The summed E-state index contributed by atoms with van der Waals surface area (Å²) in [7, 11) is 0. The third-order valence-electron chi connectivity index (χ3n) is 3.89. The predicted molar refractivity (Wildman–Crippen MR) is 78.2 cm³/mol. The van der Waals surface area contributed by atoms with Gasteiger partial charge in [-0.05, 0) is 29.7 Å². The van der Waals surface area contributed by atoms with Gasteiger partial charge >= 0.3 is 6.18 Å². The van der Waals surface area contributed by atoms with Crippen LogP contribution in [-0.4, -0.2) is 23.7 Å². The first kappa shape index (κ1) is 17.7. The second kappa shape index (κ2) is 6.43. The molecule has 2 atom stereocenters. The number of ether oxygens (including phenoxy) is 1. The Balaban J connectivity index is 2.36. The van der Waals surface area contributed by atoms with E-state index in [1.54, 1.807) is 13.8 Å². The molecule has 1 unspecified atom stereocenters. The van der Waals surface area contributed by atoms with E-state index in [4.69, 9.17) is 4.74 Å². The van der Waals surface area contributed by atoms with Crippen LogP contribution in [-0.2, 0) is 9.53 Å². The number of benzene rings is 1. The van der Waals surface area contributed by atoms with Crippen LogP contribution in [0, 0.1) is 11.7 Å². The lowest BCUT2D eigenvalue weighted by Crippen LogP contribution is -2.54. The quantitative estimate of drug-likeness (QED) is 0.760. The lowest BCUT2D eigenvalue weighted by atomic mass is 9.86. The van der Waals surface area contributed by atoms with Crippen LogP contribution in [0.4, 0.5) is 17.6 Å². The molecule has 2 rings (SSSR count). The average molecular weight is 330 g/mol. The Morgan fingerprint density at radius 2 is 1.87 bits per heavy atom. The van der Waals surface area contributed by atoms with Gasteiger partial charge in [0.15, 0.2) is 5.60 Å². The molecular formula is C17H18F4O2. The zero-order chi connectivity index (χ0) is 17.3. The molecule has 0 N–H and O–H groups in total. The summed E-state index contributed by atoms with van der Waals surface area (Å²) < 4.78 is 58.9. The van der Waals surface area contributed by atoms with E-state index in [9.17, 15) is 22.4 Å². The molecule has 2 nitrogen and oxygen atoms in total. The molecule has 1 aromatic carbocycles. The minimum atomic E-state index is -4.72. The number of hydrogen-bond acceptors (Lipinski definition) is 2. The van der Waals surface area contributed by atoms with Crippen LogP contribution in [0.25, 0.3) is 6.08 Å². The normalized spacial score (nSPS) is 26.2. The Morgan fingerprint density at radius 1 is 1.26 bits per heavy atom. The summed E-state index contributed by atoms with van der Waals surface area (Å²) in [5.74, 6) is -1.16. The standard InChI is InChI=1S/C17H18F4O2/c1-11(2)15-9-14(22)10-16(23-15,17(19,20)21)8-7-12-3-5-13(18)6-4-12/h3-8,11,15H,9-10H2,1-2H3/b8-7+/t15-,16?/m0/s1. The monoisotopic (exact) mass is 330 g/mol. The van der Waals surface area contributed by atoms with Gasteiger partial charge in [0.25, 0.3) is 0 Å². The van der Waals surface area contributed by atoms with Crippen LogP contribution in [0.5, 0.6) is 0 Å². The first-order valence-electron chi connectivity index (χ1n) is 7.34. The summed E-state index contributed by atoms with van der Waals surface area (Å²) in [6.07, 6.45) is -4.17. The van der Waals surface area contributed by atoms with Crippen LogP contribution in [0.15, 0.2) is 30.3 Å². The van der Waals surface area contributed by atoms with Gasteiger partial charge in [-0.2, -0.15) is 13.2 Å². The highest BCUT2D eigenvalue weighted by Gasteiger charge is 2.58. The summed E-state index contributed by atoms with van der Waals surface area (Å²) in [5, 5.41) is 0. The van der Waals surface area contributed by atoms with E-state index in [-0.39, 0.29) is 12.3 Å². The smallest absolute Gasteiger partial charge is 0.357 e. The van der Waals surface area contributed by atoms with Crippen molar-refractivity contribution in [2.24, 2.45) is 5.92 Å². The Labute approximate surface area is 132 Å². The number of rotatable bonds is 3. The fourth-order valence-electron chi connectivity index (χ4n) is 2.48. The minimum absolute atomic E-state index is 0.0140. The van der Waals surface area contributed by atoms with Gasteiger partial charge in [-0.25, -0.2) is 4.39 Å². The molecule has 0 radical (unpaired) electrons. The van der Waals surface area contributed by atoms with E-state index in [1.807, 2.05) is 0 Å². The van der Waals surface area contributed by atoms with Crippen molar-refractivity contribution >= 4 is 11.9 Å². The third-order valence-corrected chi connectivity index (χ3v) is 3.89. The highest BCUT2D eigenvalue weighted by molar-refractivity contribution is 5.81. The molecule has 0 saturated carbocycles. The molecule has 1 aromatic rings. The Morgan fingerprint density at radius 3 is 2.39 bits per heavy atom. The molecule has 23 heavy (non-hydrogen) atoms. The molecule has 0 spiro atoms. The van der Waals surface area contributed by atoms with Crippen molar-refractivity contribution in [1.29, 1.82) is 0 Å². The van der Waals surface area contributed by atoms with Gasteiger partial charge in [0.05, 0.1) is 6.10 Å². The zero-order valence-electron chi connectivity index (χ0n) is 12.9. The molecule has 0 aromatic heterocycles. The highest BCUT2D eigenvalue weighted by atomic mass is 19.4. The number of ketones is 1. The fraction of sp³-hybridized carbons (Fsp3) is 0.471. The SMILES string of the molecule is CC(C)[C@@H]1CC(=O)CC(/C=C/c2ccc(F)cc2)(C(F)(F)F)O1. The molecule has 0 aliphatic carbocycles. The van der Waals surface area contributed by atoms with Crippen LogP contribution in [0.1, 0.15) is 32.3 Å². The predicted octanol–water partition coefficient (Wildman–Crippen LogP) is 4.54. The number of alkyl halides is 3. The second-order valence-electron chi connectivity index (χ2n) is 6.09. The number of carbonyl (C=O) groups excluding carboxylic acids is 1. The largest absolute Gasteiger partial charge is 0.421 e. The van der Waals surface area contributed by atoms with Gasteiger partial charge in [-0.3, -0.25) is 4.79 Å². The van der Waals surface area contributed by atoms with Gasteiger partial charge in [-0.1, -0.05) is 32.1 Å². The van der Waals surface area contributed by atoms with Gasteiger partial charge in [0.2, 0.25) is 0 Å². The summed E-state index contributed by atoms with van der Waals surface area (Å²) in [6.45, 7) is 3.43. The molecule has 1 heterocycles. The van der Waals surface area contributed by atoms with Crippen LogP contribution < -0.4 is 0 Å². The summed E-state index contributed by atoms with van der Waals surface area (Å²) in [5.41, 5.74) is -2.23. The van der Waals surface area contributed by atoms with E-state index < -0.39 is 35.9 Å². The van der Waals surface area contributed by atoms with Gasteiger partial charge in [0, 0.05) is 12.8 Å². The summed E-state index contributed by atoms with van der Waals surface area (Å²) in [4.78, 5) is 11.8. The molecular weight excluding hydrogens is 312 g/mol. The van der Waals surface area contributed by atoms with Crippen LogP contribution in [0.3, 0.4) is 0 Å². The average Bonchev–Trinajstić information content (AvgIpc) is 2.45. The van der Waals surface area contributed by atoms with E-state index in [0.29, 0.717) is 5.56 Å². The van der Waals surface area contributed by atoms with Crippen molar-refractivity contribution in [3.05, 3.63) is 41.7 Å². The molecule has 1 fully saturated rings. The Bertz CT molecular complexity index is 590. The van der Waals surface area contributed by atoms with E-state index in [0.717, 1.165) is 18.2 Å². The molecule has 0 amide bonds. The van der Waals surface area contributed by atoms with Crippen molar-refractivity contribution in [3.63, 3.8) is 0 Å². The lowest BCUT2D eigenvalue weighted by Gasteiger charge is -2.41. The first-order valence-corrected chi connectivity index (χ1v) is 7.34. The molecule has 6 heteroatoms. The zero-order valence-corrected chi connectivity index (χ0v) is 12.9. The Hall–Kier alpha value is -1.69. The van der Waals surface area contributed by atoms with Crippen molar-refractivity contribution in [2.75, 3.05) is 0 Å². The van der Waals surface area contributed by atoms with Crippen molar-refractivity contribution < 1.29 is 27.1 Å². The maximum Gasteiger partial charge on any atom is 0.421 e. The van der Waals surface area contributed by atoms with Crippen molar-refractivity contribution in [2.45, 2.75) is 44.6 Å². The van der Waals surface area contributed by atoms with Crippen LogP contribution >= 0.6 is 0 Å². The molecule has 0 bridgehead atoms. The molecule has 1 aliphatic heterocycles. The van der Waals surface area contributed by atoms with Crippen molar-refractivity contribution in [3.8, 4) is 0 Å². The van der Waals surface area contributed by atoms with Gasteiger partial charge in [-0.15, -0.1) is 0 Å². The number of Topliss-reactive ketones (excluding diaryl/α,β-unsaturated/α-hetero) is 1.